The fourth-order valence-electron chi connectivity index (χ4n) is 2.79. The Morgan fingerprint density at radius 3 is 2.41 bits per heavy atom. The summed E-state index contributed by atoms with van der Waals surface area (Å²) in [7, 11) is 3.16. The maximum atomic E-state index is 12.4. The van der Waals surface area contributed by atoms with Crippen LogP contribution in [0.5, 0.6) is 11.5 Å². The van der Waals surface area contributed by atoms with Crippen molar-refractivity contribution in [3.8, 4) is 11.5 Å². The molecule has 1 amide bonds. The lowest BCUT2D eigenvalue weighted by Crippen LogP contribution is -2.23. The van der Waals surface area contributed by atoms with Crippen LogP contribution in [-0.2, 0) is 6.54 Å². The first kappa shape index (κ1) is 20.1. The molecule has 0 unspecified atom stereocenters. The SMILES string of the molecule is COc1ccc(CNC(=O)c2cnc(Nc3cccc(C)c3C)nc2)cc1OC. The van der Waals surface area contributed by atoms with Gasteiger partial charge in [-0.3, -0.25) is 4.79 Å². The predicted molar refractivity (Wildman–Crippen MR) is 112 cm³/mol. The molecule has 0 fully saturated rings. The van der Waals surface area contributed by atoms with Crippen LogP contribution in [0.15, 0.2) is 48.8 Å². The minimum atomic E-state index is -0.252. The molecule has 0 aliphatic heterocycles. The monoisotopic (exact) mass is 392 g/mol. The molecule has 3 rings (SSSR count). The van der Waals surface area contributed by atoms with E-state index in [0.717, 1.165) is 16.8 Å². The Balaban J connectivity index is 1.62. The first-order valence-corrected chi connectivity index (χ1v) is 9.16. The Bertz CT molecular complexity index is 1000. The van der Waals surface area contributed by atoms with Crippen LogP contribution in [0.1, 0.15) is 27.0 Å². The third kappa shape index (κ3) is 4.82. The van der Waals surface area contributed by atoms with Gasteiger partial charge in [0.2, 0.25) is 5.95 Å². The number of amides is 1. The largest absolute Gasteiger partial charge is 0.493 e. The fourth-order valence-corrected chi connectivity index (χ4v) is 2.79. The number of nitrogens with zero attached hydrogens (tertiary/aromatic N) is 2. The molecule has 0 saturated heterocycles. The van der Waals surface area contributed by atoms with Crippen LogP contribution in [-0.4, -0.2) is 30.1 Å². The van der Waals surface area contributed by atoms with Crippen LogP contribution >= 0.6 is 0 Å². The van der Waals surface area contributed by atoms with Gasteiger partial charge in [-0.1, -0.05) is 18.2 Å². The highest BCUT2D eigenvalue weighted by Crippen LogP contribution is 2.27. The molecule has 1 aromatic heterocycles. The van der Waals surface area contributed by atoms with E-state index in [2.05, 4.69) is 20.6 Å². The summed E-state index contributed by atoms with van der Waals surface area (Å²) in [6, 6.07) is 11.5. The van der Waals surface area contributed by atoms with E-state index in [1.54, 1.807) is 20.3 Å². The van der Waals surface area contributed by atoms with Gasteiger partial charge in [0.15, 0.2) is 11.5 Å². The summed E-state index contributed by atoms with van der Waals surface area (Å²) in [5.74, 6) is 1.44. The lowest BCUT2D eigenvalue weighted by Gasteiger charge is -2.11. The fraction of sp³-hybridized carbons (Fsp3) is 0.227. The topological polar surface area (TPSA) is 85.4 Å². The van der Waals surface area contributed by atoms with Gasteiger partial charge in [-0.25, -0.2) is 9.97 Å². The van der Waals surface area contributed by atoms with Gasteiger partial charge in [-0.2, -0.15) is 0 Å². The number of aryl methyl sites for hydroxylation is 1. The maximum Gasteiger partial charge on any atom is 0.254 e. The molecule has 0 aliphatic carbocycles. The molecular weight excluding hydrogens is 368 g/mol. The molecule has 0 saturated carbocycles. The van der Waals surface area contributed by atoms with Crippen LogP contribution in [0.2, 0.25) is 0 Å². The number of carbonyl (C=O) groups excluding carboxylic acids is 1. The first-order valence-electron chi connectivity index (χ1n) is 9.16. The normalized spacial score (nSPS) is 10.3. The molecule has 3 aromatic rings. The van der Waals surface area contributed by atoms with Crippen molar-refractivity contribution in [1.29, 1.82) is 0 Å². The Morgan fingerprint density at radius 1 is 1.00 bits per heavy atom. The van der Waals surface area contributed by atoms with Crippen LogP contribution in [0.3, 0.4) is 0 Å². The summed E-state index contributed by atoms with van der Waals surface area (Å²) in [5, 5.41) is 6.03. The van der Waals surface area contributed by atoms with Gasteiger partial charge in [-0.15, -0.1) is 0 Å². The molecule has 150 valence electrons. The number of benzene rings is 2. The van der Waals surface area contributed by atoms with E-state index >= 15 is 0 Å². The average molecular weight is 392 g/mol. The van der Waals surface area contributed by atoms with Crippen LogP contribution < -0.4 is 20.1 Å². The Kier molecular flexibility index (Phi) is 6.29. The lowest BCUT2D eigenvalue weighted by atomic mass is 10.1. The zero-order chi connectivity index (χ0) is 20.8. The molecule has 0 spiro atoms. The number of nitrogens with one attached hydrogen (secondary N) is 2. The smallest absolute Gasteiger partial charge is 0.254 e. The highest BCUT2D eigenvalue weighted by atomic mass is 16.5. The number of ether oxygens (including phenoxy) is 2. The van der Waals surface area contributed by atoms with Crippen LogP contribution in [0.25, 0.3) is 0 Å². The molecule has 7 heteroatoms. The van der Waals surface area contributed by atoms with Gasteiger partial charge < -0.3 is 20.1 Å². The molecule has 2 N–H and O–H groups in total. The van der Waals surface area contributed by atoms with Crippen LogP contribution in [0.4, 0.5) is 11.6 Å². The molecule has 7 nitrogen and oxygen atoms in total. The van der Waals surface area contributed by atoms with E-state index in [9.17, 15) is 4.79 Å². The number of methoxy groups -OCH3 is 2. The van der Waals surface area contributed by atoms with E-state index in [4.69, 9.17) is 9.47 Å². The molecule has 0 radical (unpaired) electrons. The van der Waals surface area contributed by atoms with Gasteiger partial charge in [0.1, 0.15) is 0 Å². The van der Waals surface area contributed by atoms with Crippen molar-refractivity contribution < 1.29 is 14.3 Å². The van der Waals surface area contributed by atoms with Crippen molar-refractivity contribution in [2.75, 3.05) is 19.5 Å². The van der Waals surface area contributed by atoms with E-state index < -0.39 is 0 Å². The molecule has 0 atom stereocenters. The van der Waals surface area contributed by atoms with Crippen molar-refractivity contribution >= 4 is 17.5 Å². The number of carbonyl (C=O) groups is 1. The summed E-state index contributed by atoms with van der Waals surface area (Å²) < 4.78 is 10.5. The zero-order valence-electron chi connectivity index (χ0n) is 16.9. The summed E-state index contributed by atoms with van der Waals surface area (Å²) in [6.45, 7) is 4.43. The lowest BCUT2D eigenvalue weighted by molar-refractivity contribution is 0.0950. The standard InChI is InChI=1S/C22H24N4O3/c1-14-6-5-7-18(15(14)2)26-22-24-12-17(13-25-22)21(27)23-11-16-8-9-19(28-3)20(10-16)29-4/h5-10,12-13H,11H2,1-4H3,(H,23,27)(H,24,25,26). The van der Waals surface area contributed by atoms with Crippen molar-refractivity contribution in [2.24, 2.45) is 0 Å². The zero-order valence-corrected chi connectivity index (χ0v) is 16.9. The van der Waals surface area contributed by atoms with Gasteiger partial charge in [0.25, 0.3) is 5.91 Å². The van der Waals surface area contributed by atoms with E-state index in [1.807, 2.05) is 44.2 Å². The quantitative estimate of drug-likeness (QED) is 0.636. The Morgan fingerprint density at radius 2 is 1.72 bits per heavy atom. The summed E-state index contributed by atoms with van der Waals surface area (Å²) >= 11 is 0. The second-order valence-corrected chi connectivity index (χ2v) is 6.54. The number of hydrogen-bond donors (Lipinski definition) is 2. The second-order valence-electron chi connectivity index (χ2n) is 6.54. The second kappa shape index (κ2) is 9.05. The number of rotatable bonds is 7. The number of hydrogen-bond acceptors (Lipinski definition) is 6. The van der Waals surface area contributed by atoms with Gasteiger partial charge in [0.05, 0.1) is 19.8 Å². The van der Waals surface area contributed by atoms with Gasteiger partial charge in [-0.05, 0) is 48.7 Å². The summed E-state index contributed by atoms with van der Waals surface area (Å²) in [6.07, 6.45) is 3.01. The molecule has 0 bridgehead atoms. The molecule has 0 aliphatic rings. The average Bonchev–Trinajstić information content (AvgIpc) is 2.75. The summed E-state index contributed by atoms with van der Waals surface area (Å²) in [4.78, 5) is 20.9. The van der Waals surface area contributed by atoms with E-state index in [-0.39, 0.29) is 5.91 Å². The molecule has 1 heterocycles. The van der Waals surface area contributed by atoms with Gasteiger partial charge >= 0.3 is 0 Å². The summed E-state index contributed by atoms with van der Waals surface area (Å²) in [5.41, 5.74) is 4.53. The third-order valence-electron chi connectivity index (χ3n) is 4.67. The van der Waals surface area contributed by atoms with Crippen LogP contribution in [0, 0.1) is 13.8 Å². The highest BCUT2D eigenvalue weighted by Gasteiger charge is 2.10. The van der Waals surface area contributed by atoms with Crippen molar-refractivity contribution in [3.63, 3.8) is 0 Å². The molecule has 2 aromatic carbocycles. The minimum Gasteiger partial charge on any atom is -0.493 e. The van der Waals surface area contributed by atoms with Crippen molar-refractivity contribution in [2.45, 2.75) is 20.4 Å². The number of aromatic nitrogens is 2. The Hall–Kier alpha value is -3.61. The van der Waals surface area contributed by atoms with E-state index in [0.29, 0.717) is 29.6 Å². The van der Waals surface area contributed by atoms with Crippen molar-refractivity contribution in [1.82, 2.24) is 15.3 Å². The van der Waals surface area contributed by atoms with Gasteiger partial charge in [0, 0.05) is 24.6 Å². The minimum absolute atomic E-state index is 0.252. The first-order chi connectivity index (χ1) is 14.0. The Labute approximate surface area is 170 Å². The molecule has 29 heavy (non-hydrogen) atoms. The highest BCUT2D eigenvalue weighted by molar-refractivity contribution is 5.93. The molecular formula is C22H24N4O3. The predicted octanol–water partition coefficient (Wildman–Crippen LogP) is 3.78. The number of anilines is 2. The third-order valence-corrected chi connectivity index (χ3v) is 4.67. The van der Waals surface area contributed by atoms with Crippen molar-refractivity contribution in [3.05, 3.63) is 71.0 Å². The van der Waals surface area contributed by atoms with E-state index in [1.165, 1.54) is 18.0 Å². The maximum absolute atomic E-state index is 12.4.